The van der Waals surface area contributed by atoms with Crippen molar-refractivity contribution >= 4 is 43.3 Å². The number of methoxy groups -OCH3 is 1. The lowest BCUT2D eigenvalue weighted by atomic mass is 9.98. The van der Waals surface area contributed by atoms with Crippen molar-refractivity contribution in [2.45, 2.75) is 18.9 Å². The maximum atomic E-state index is 14.0. The van der Waals surface area contributed by atoms with E-state index in [9.17, 15) is 17.1 Å². The Kier molecular flexibility index (Phi) is 6.05. The van der Waals surface area contributed by atoms with Crippen LogP contribution < -0.4 is 19.7 Å². The van der Waals surface area contributed by atoms with Crippen LogP contribution in [-0.4, -0.2) is 38.2 Å². The molecule has 1 saturated heterocycles. The molecule has 10 heteroatoms. The van der Waals surface area contributed by atoms with Gasteiger partial charge in [0.1, 0.15) is 17.1 Å². The zero-order valence-corrected chi connectivity index (χ0v) is 21.8. The van der Waals surface area contributed by atoms with Crippen LogP contribution >= 0.6 is 0 Å². The fourth-order valence-electron chi connectivity index (χ4n) is 5.56. The molecule has 39 heavy (non-hydrogen) atoms. The number of terminal acetylenes is 1. The predicted octanol–water partition coefficient (Wildman–Crippen LogP) is 4.81. The number of H-pyrrole nitrogens is 1. The van der Waals surface area contributed by atoms with E-state index in [-0.39, 0.29) is 17.2 Å². The monoisotopic (exact) mass is 545 g/mol. The Bertz CT molecular complexity index is 1980. The van der Waals surface area contributed by atoms with E-state index in [1.165, 1.54) is 19.2 Å². The molecule has 6 rings (SSSR count). The number of halogens is 1. The third kappa shape index (κ3) is 4.39. The molecule has 8 nitrogen and oxygen atoms in total. The van der Waals surface area contributed by atoms with Crippen LogP contribution in [0.2, 0.25) is 0 Å². The molecule has 1 fully saturated rings. The fourth-order valence-corrected chi connectivity index (χ4v) is 5.89. The SMILES string of the molecule is C#Cc1ccc2c(c1)[nH]c1c2c(=O)c2cc(OC)c(-c3cccc(OS(=O)(=O)F)c3)cc2n1C1CCNCC1. The third-order valence-electron chi connectivity index (χ3n) is 7.25. The van der Waals surface area contributed by atoms with Gasteiger partial charge in [-0.2, -0.15) is 8.42 Å². The molecule has 0 radical (unpaired) electrons. The van der Waals surface area contributed by atoms with E-state index in [1.807, 2.05) is 24.3 Å². The number of aromatic nitrogens is 2. The maximum Gasteiger partial charge on any atom is 0.488 e. The number of hydrogen-bond acceptors (Lipinski definition) is 6. The third-order valence-corrected chi connectivity index (χ3v) is 7.64. The van der Waals surface area contributed by atoms with Crippen LogP contribution in [0, 0.1) is 12.3 Å². The quantitative estimate of drug-likeness (QED) is 0.243. The molecule has 5 aromatic rings. The number of nitrogens with zero attached hydrogens (tertiary/aromatic N) is 1. The summed E-state index contributed by atoms with van der Waals surface area (Å²) in [5.74, 6) is 2.88. The zero-order chi connectivity index (χ0) is 27.3. The van der Waals surface area contributed by atoms with Gasteiger partial charge in [0.2, 0.25) is 0 Å². The molecular weight excluding hydrogens is 521 g/mol. The van der Waals surface area contributed by atoms with Crippen molar-refractivity contribution in [1.82, 2.24) is 14.9 Å². The van der Waals surface area contributed by atoms with E-state index in [1.54, 1.807) is 18.2 Å². The zero-order valence-electron chi connectivity index (χ0n) is 21.0. The first kappa shape index (κ1) is 25.0. The molecule has 0 aliphatic carbocycles. The molecule has 0 spiro atoms. The molecule has 2 aromatic heterocycles. The Hall–Kier alpha value is -4.33. The van der Waals surface area contributed by atoms with Crippen LogP contribution in [0.4, 0.5) is 3.89 Å². The molecular formula is C29H24FN3O5S. The van der Waals surface area contributed by atoms with Crippen LogP contribution in [0.3, 0.4) is 0 Å². The van der Waals surface area contributed by atoms with Gasteiger partial charge in [-0.05, 0) is 67.9 Å². The van der Waals surface area contributed by atoms with Gasteiger partial charge in [-0.25, -0.2) is 0 Å². The summed E-state index contributed by atoms with van der Waals surface area (Å²) in [6, 6.07) is 15.3. The average Bonchev–Trinajstić information content (AvgIpc) is 3.31. The van der Waals surface area contributed by atoms with Crippen LogP contribution in [0.5, 0.6) is 11.5 Å². The van der Waals surface area contributed by atoms with E-state index < -0.39 is 10.5 Å². The highest BCUT2D eigenvalue weighted by atomic mass is 32.3. The number of rotatable bonds is 5. The number of hydrogen-bond donors (Lipinski definition) is 2. The molecule has 2 N–H and O–H groups in total. The van der Waals surface area contributed by atoms with Gasteiger partial charge in [0.15, 0.2) is 5.43 Å². The summed E-state index contributed by atoms with van der Waals surface area (Å²) in [5.41, 5.74) is 3.88. The van der Waals surface area contributed by atoms with E-state index in [0.29, 0.717) is 44.4 Å². The lowest BCUT2D eigenvalue weighted by Crippen LogP contribution is -2.30. The summed E-state index contributed by atoms with van der Waals surface area (Å²) in [4.78, 5) is 17.5. The number of piperidine rings is 1. The topological polar surface area (TPSA) is 102 Å². The number of benzene rings is 3. The fraction of sp³-hybridized carbons (Fsp3) is 0.207. The summed E-state index contributed by atoms with van der Waals surface area (Å²) >= 11 is 0. The number of nitrogens with one attached hydrogen (secondary N) is 2. The van der Waals surface area contributed by atoms with Crippen LogP contribution in [0.1, 0.15) is 24.4 Å². The highest BCUT2D eigenvalue weighted by molar-refractivity contribution is 7.81. The van der Waals surface area contributed by atoms with E-state index >= 15 is 0 Å². The lowest BCUT2D eigenvalue weighted by molar-refractivity contribution is 0.381. The highest BCUT2D eigenvalue weighted by Crippen LogP contribution is 2.39. The van der Waals surface area contributed by atoms with Crippen LogP contribution in [-0.2, 0) is 10.5 Å². The van der Waals surface area contributed by atoms with Crippen molar-refractivity contribution in [3.05, 3.63) is 70.4 Å². The smallest absolute Gasteiger partial charge is 0.488 e. The minimum absolute atomic E-state index is 0.101. The second kappa shape index (κ2) is 9.45. The maximum absolute atomic E-state index is 14.0. The van der Waals surface area contributed by atoms with E-state index in [0.717, 1.165) is 36.8 Å². The van der Waals surface area contributed by atoms with Crippen molar-refractivity contribution in [2.24, 2.45) is 0 Å². The Morgan fingerprint density at radius 3 is 2.59 bits per heavy atom. The van der Waals surface area contributed by atoms with E-state index in [4.69, 9.17) is 11.2 Å². The highest BCUT2D eigenvalue weighted by Gasteiger charge is 2.24. The number of pyridine rings is 1. The van der Waals surface area contributed by atoms with Crippen LogP contribution in [0.15, 0.2) is 59.4 Å². The van der Waals surface area contributed by atoms with Crippen LogP contribution in [0.25, 0.3) is 44.0 Å². The minimum atomic E-state index is -5.19. The van der Waals surface area contributed by atoms with Gasteiger partial charge < -0.3 is 23.8 Å². The summed E-state index contributed by atoms with van der Waals surface area (Å²) in [6.45, 7) is 1.67. The van der Waals surface area contributed by atoms with Gasteiger partial charge in [0.05, 0.1) is 23.4 Å². The molecule has 0 amide bonds. The summed E-state index contributed by atoms with van der Waals surface area (Å²) in [6.07, 6.45) is 7.34. The Balaban J connectivity index is 1.69. The first-order chi connectivity index (χ1) is 18.8. The summed E-state index contributed by atoms with van der Waals surface area (Å²) in [7, 11) is -3.70. The molecule has 3 heterocycles. The van der Waals surface area contributed by atoms with E-state index in [2.05, 4.69) is 25.0 Å². The molecule has 0 bridgehead atoms. The second-order valence-corrected chi connectivity index (χ2v) is 10.5. The minimum Gasteiger partial charge on any atom is -0.496 e. The summed E-state index contributed by atoms with van der Waals surface area (Å²) < 4.78 is 47.7. The predicted molar refractivity (Wildman–Crippen MR) is 149 cm³/mol. The van der Waals surface area contributed by atoms with Crippen molar-refractivity contribution in [2.75, 3.05) is 20.2 Å². The molecule has 0 atom stereocenters. The Morgan fingerprint density at radius 1 is 1.08 bits per heavy atom. The van der Waals surface area contributed by atoms with Gasteiger partial charge >= 0.3 is 10.5 Å². The first-order valence-corrected chi connectivity index (χ1v) is 13.7. The Morgan fingerprint density at radius 2 is 1.87 bits per heavy atom. The number of ether oxygens (including phenoxy) is 1. The summed E-state index contributed by atoms with van der Waals surface area (Å²) in [5, 5.41) is 5.25. The van der Waals surface area contributed by atoms with Crippen molar-refractivity contribution in [3.63, 3.8) is 0 Å². The van der Waals surface area contributed by atoms with Gasteiger partial charge in [-0.15, -0.1) is 6.42 Å². The van der Waals surface area contributed by atoms with Gasteiger partial charge in [0.25, 0.3) is 0 Å². The largest absolute Gasteiger partial charge is 0.496 e. The van der Waals surface area contributed by atoms with Crippen molar-refractivity contribution in [3.8, 4) is 35.0 Å². The lowest BCUT2D eigenvalue weighted by Gasteiger charge is -2.28. The first-order valence-electron chi connectivity index (χ1n) is 12.4. The average molecular weight is 546 g/mol. The molecule has 3 aromatic carbocycles. The molecule has 1 aliphatic heterocycles. The standard InChI is InChI=1S/C29H24FN3O5S/c1-3-17-7-8-21-24(13-17)32-29-27(21)28(34)23-16-26(37-2)22(15-25(23)33(29)19-9-11-31-12-10-19)18-5-4-6-20(14-18)38-39(30,35)36/h1,4-8,13-16,19,31-32H,9-12H2,2H3. The molecule has 1 aliphatic rings. The van der Waals surface area contributed by atoms with Crippen molar-refractivity contribution in [1.29, 1.82) is 0 Å². The Labute approximate surface area is 223 Å². The van der Waals surface area contributed by atoms with Crippen molar-refractivity contribution < 1.29 is 21.2 Å². The molecule has 198 valence electrons. The molecule has 0 saturated carbocycles. The van der Waals surface area contributed by atoms with Gasteiger partial charge in [-0.3, -0.25) is 4.79 Å². The number of aromatic amines is 1. The second-order valence-electron chi connectivity index (χ2n) is 9.51. The number of fused-ring (bicyclic) bond motifs is 4. The normalized spacial score (nSPS) is 14.6. The van der Waals surface area contributed by atoms with Gasteiger partial charge in [-0.1, -0.05) is 28.0 Å². The molecule has 0 unspecified atom stereocenters. The van der Waals surface area contributed by atoms with Gasteiger partial charge in [0, 0.05) is 28.1 Å².